The van der Waals surface area contributed by atoms with Gasteiger partial charge in [-0.25, -0.2) is 4.98 Å². The maximum atomic E-state index is 12.9. The zero-order valence-electron chi connectivity index (χ0n) is 17.6. The molecule has 30 heavy (non-hydrogen) atoms. The lowest BCUT2D eigenvalue weighted by atomic mass is 10.0. The highest BCUT2D eigenvalue weighted by Gasteiger charge is 2.16. The quantitative estimate of drug-likeness (QED) is 0.362. The van der Waals surface area contributed by atoms with Gasteiger partial charge >= 0.3 is 0 Å². The van der Waals surface area contributed by atoms with Gasteiger partial charge in [-0.3, -0.25) is 4.79 Å². The molecule has 1 heterocycles. The number of nitrogens with zero attached hydrogens (tertiary/aromatic N) is 2. The van der Waals surface area contributed by atoms with Crippen LogP contribution in [-0.2, 0) is 13.2 Å². The highest BCUT2D eigenvalue weighted by Crippen LogP contribution is 2.28. The third-order valence-corrected chi connectivity index (χ3v) is 5.28. The third kappa shape index (κ3) is 4.13. The maximum absolute atomic E-state index is 12.9. The summed E-state index contributed by atoms with van der Waals surface area (Å²) in [5.41, 5.74) is 4.83. The van der Waals surface area contributed by atoms with E-state index in [1.807, 2.05) is 59.2 Å². The zero-order valence-corrected chi connectivity index (χ0v) is 17.6. The first-order valence-electron chi connectivity index (χ1n) is 10.3. The van der Waals surface area contributed by atoms with Gasteiger partial charge in [0.15, 0.2) is 5.78 Å². The summed E-state index contributed by atoms with van der Waals surface area (Å²) in [4.78, 5) is 17.6. The van der Waals surface area contributed by atoms with Crippen LogP contribution >= 0.6 is 0 Å². The van der Waals surface area contributed by atoms with Gasteiger partial charge in [-0.05, 0) is 42.2 Å². The Balaban J connectivity index is 1.66. The molecule has 1 aromatic heterocycles. The first-order chi connectivity index (χ1) is 14.5. The predicted molar refractivity (Wildman–Crippen MR) is 120 cm³/mol. The molecule has 0 saturated carbocycles. The minimum absolute atomic E-state index is 0.0541. The molecule has 0 spiro atoms. The number of imidazole rings is 1. The van der Waals surface area contributed by atoms with Crippen LogP contribution in [0, 0.1) is 6.92 Å². The smallest absolute Gasteiger partial charge is 0.182 e. The van der Waals surface area contributed by atoms with Crippen LogP contribution in [-0.4, -0.2) is 15.3 Å². The van der Waals surface area contributed by atoms with Crippen molar-refractivity contribution in [1.29, 1.82) is 0 Å². The number of hydrogen-bond acceptors (Lipinski definition) is 3. The summed E-state index contributed by atoms with van der Waals surface area (Å²) >= 11 is 0. The van der Waals surface area contributed by atoms with Gasteiger partial charge in [0.05, 0.1) is 17.6 Å². The Kier molecular flexibility index (Phi) is 5.66. The third-order valence-electron chi connectivity index (χ3n) is 5.28. The Morgan fingerprint density at radius 3 is 2.50 bits per heavy atom. The van der Waals surface area contributed by atoms with Crippen molar-refractivity contribution in [2.75, 3.05) is 0 Å². The minimum atomic E-state index is 0.0541. The first kappa shape index (κ1) is 19.9. The number of ketones is 1. The van der Waals surface area contributed by atoms with Crippen LogP contribution < -0.4 is 4.74 Å². The lowest BCUT2D eigenvalue weighted by Gasteiger charge is -2.15. The van der Waals surface area contributed by atoms with Crippen LogP contribution in [0.25, 0.3) is 11.0 Å². The van der Waals surface area contributed by atoms with E-state index in [9.17, 15) is 4.79 Å². The molecule has 0 amide bonds. The number of carbonyl (C=O) groups excluding carboxylic acids is 1. The second-order valence-corrected chi connectivity index (χ2v) is 7.88. The topological polar surface area (TPSA) is 44.1 Å². The molecule has 0 bridgehead atoms. The van der Waals surface area contributed by atoms with E-state index in [1.165, 1.54) is 5.56 Å². The first-order valence-corrected chi connectivity index (χ1v) is 10.3. The van der Waals surface area contributed by atoms with Crippen molar-refractivity contribution in [3.63, 3.8) is 0 Å². The largest absolute Gasteiger partial charge is 0.485 e. The van der Waals surface area contributed by atoms with Crippen LogP contribution in [0.1, 0.15) is 47.1 Å². The van der Waals surface area contributed by atoms with E-state index in [-0.39, 0.29) is 12.3 Å². The van der Waals surface area contributed by atoms with E-state index in [4.69, 9.17) is 9.72 Å². The van der Waals surface area contributed by atoms with Gasteiger partial charge < -0.3 is 9.30 Å². The number of carbonyl (C=O) groups is 1. The summed E-state index contributed by atoms with van der Waals surface area (Å²) in [6.45, 7) is 6.91. The van der Waals surface area contributed by atoms with E-state index in [2.05, 4.69) is 39.0 Å². The van der Waals surface area contributed by atoms with Crippen molar-refractivity contribution >= 4 is 16.8 Å². The molecule has 0 atom stereocenters. The van der Waals surface area contributed by atoms with Crippen LogP contribution in [0.15, 0.2) is 72.8 Å². The molecule has 0 radical (unpaired) electrons. The molecular formula is C26H26N2O2. The van der Waals surface area contributed by atoms with Crippen molar-refractivity contribution in [3.8, 4) is 5.75 Å². The summed E-state index contributed by atoms with van der Waals surface area (Å²) < 4.78 is 8.20. The number of hydrogen-bond donors (Lipinski definition) is 0. The predicted octanol–water partition coefficient (Wildman–Crippen LogP) is 5.93. The molecule has 0 aliphatic carbocycles. The van der Waals surface area contributed by atoms with Gasteiger partial charge in [-0.1, -0.05) is 68.4 Å². The van der Waals surface area contributed by atoms with E-state index < -0.39 is 0 Å². The summed E-state index contributed by atoms with van der Waals surface area (Å²) in [6, 6.07) is 23.6. The van der Waals surface area contributed by atoms with Crippen molar-refractivity contribution in [2.24, 2.45) is 0 Å². The fourth-order valence-electron chi connectivity index (χ4n) is 3.66. The molecule has 0 N–H and O–H groups in total. The lowest BCUT2D eigenvalue weighted by Crippen LogP contribution is -2.15. The number of para-hydroxylation sites is 2. The Morgan fingerprint density at radius 1 is 1.00 bits per heavy atom. The number of fused-ring (bicyclic) bond motifs is 1. The van der Waals surface area contributed by atoms with Crippen LogP contribution in [0.3, 0.4) is 0 Å². The molecule has 3 aromatic carbocycles. The number of benzene rings is 3. The number of rotatable bonds is 7. The number of Topliss-reactive ketones (excluding diaryl/α,β-unsaturated/α-hetero) is 1. The zero-order chi connectivity index (χ0) is 21.1. The van der Waals surface area contributed by atoms with Crippen LogP contribution in [0.4, 0.5) is 0 Å². The summed E-state index contributed by atoms with van der Waals surface area (Å²) in [6.07, 6.45) is 0. The van der Waals surface area contributed by atoms with Gasteiger partial charge in [-0.15, -0.1) is 0 Å². The number of aromatic nitrogens is 2. The lowest BCUT2D eigenvalue weighted by molar-refractivity contribution is 0.0971. The second-order valence-electron chi connectivity index (χ2n) is 7.88. The molecule has 4 rings (SSSR count). The maximum Gasteiger partial charge on any atom is 0.182 e. The molecular weight excluding hydrogens is 372 g/mol. The average molecular weight is 399 g/mol. The molecule has 4 heteroatoms. The van der Waals surface area contributed by atoms with Crippen molar-refractivity contribution in [2.45, 2.75) is 39.8 Å². The molecule has 4 aromatic rings. The molecule has 0 aliphatic heterocycles. The van der Waals surface area contributed by atoms with Gasteiger partial charge in [0.2, 0.25) is 0 Å². The summed E-state index contributed by atoms with van der Waals surface area (Å²) in [5.74, 6) is 2.03. The molecule has 0 unspecified atom stereocenters. The SMILES string of the molecule is Cc1ccc(C(C)C)c(OCc2nc3ccccc3n2CC(=O)c2ccccc2)c1. The molecule has 0 aliphatic rings. The Morgan fingerprint density at radius 2 is 1.73 bits per heavy atom. The van der Waals surface area contributed by atoms with Crippen molar-refractivity contribution in [3.05, 3.63) is 95.3 Å². The number of aryl methyl sites for hydroxylation is 1. The average Bonchev–Trinajstić information content (AvgIpc) is 3.10. The van der Waals surface area contributed by atoms with Gasteiger partial charge in [-0.2, -0.15) is 0 Å². The highest BCUT2D eigenvalue weighted by molar-refractivity contribution is 5.96. The van der Waals surface area contributed by atoms with Gasteiger partial charge in [0.1, 0.15) is 18.2 Å². The van der Waals surface area contributed by atoms with Crippen molar-refractivity contribution < 1.29 is 9.53 Å². The minimum Gasteiger partial charge on any atom is -0.485 e. The molecule has 0 fully saturated rings. The summed E-state index contributed by atoms with van der Waals surface area (Å²) in [7, 11) is 0. The van der Waals surface area contributed by atoms with Crippen molar-refractivity contribution in [1.82, 2.24) is 9.55 Å². The van der Waals surface area contributed by atoms with Gasteiger partial charge in [0.25, 0.3) is 0 Å². The molecule has 0 saturated heterocycles. The Bertz CT molecular complexity index is 1180. The normalized spacial score (nSPS) is 11.2. The van der Waals surface area contributed by atoms with Gasteiger partial charge in [0, 0.05) is 5.56 Å². The summed E-state index contributed by atoms with van der Waals surface area (Å²) in [5, 5.41) is 0. The monoisotopic (exact) mass is 398 g/mol. The standard InChI is InChI=1S/C26H26N2O2/c1-18(2)21-14-13-19(3)15-25(21)30-17-26-27-22-11-7-8-12-23(22)28(26)16-24(29)20-9-5-4-6-10-20/h4-15,18H,16-17H2,1-3H3. The Labute approximate surface area is 177 Å². The Hall–Kier alpha value is -3.40. The van der Waals surface area contributed by atoms with E-state index in [0.29, 0.717) is 18.1 Å². The fourth-order valence-corrected chi connectivity index (χ4v) is 3.66. The molecule has 4 nitrogen and oxygen atoms in total. The molecule has 152 valence electrons. The van der Waals surface area contributed by atoms with Crippen LogP contribution in [0.2, 0.25) is 0 Å². The fraction of sp³-hybridized carbons (Fsp3) is 0.231. The second kappa shape index (κ2) is 8.54. The van der Waals surface area contributed by atoms with E-state index in [0.717, 1.165) is 28.2 Å². The van der Waals surface area contributed by atoms with E-state index in [1.54, 1.807) is 0 Å². The highest BCUT2D eigenvalue weighted by atomic mass is 16.5. The van der Waals surface area contributed by atoms with E-state index >= 15 is 0 Å². The van der Waals surface area contributed by atoms with Crippen LogP contribution in [0.5, 0.6) is 5.75 Å². The number of ether oxygens (including phenoxy) is 1.